The van der Waals surface area contributed by atoms with Crippen molar-refractivity contribution in [2.75, 3.05) is 6.54 Å². The third kappa shape index (κ3) is 2.27. The molecule has 4 rings (SSSR count). The van der Waals surface area contributed by atoms with Gasteiger partial charge < -0.3 is 4.90 Å². The highest BCUT2D eigenvalue weighted by Crippen LogP contribution is 2.48. The smallest absolute Gasteiger partial charge is 0.210 e. The lowest BCUT2D eigenvalue weighted by Gasteiger charge is -2.43. The van der Waals surface area contributed by atoms with E-state index >= 15 is 0 Å². The summed E-state index contributed by atoms with van der Waals surface area (Å²) in [6.07, 6.45) is 7.16. The summed E-state index contributed by atoms with van der Waals surface area (Å²) in [6, 6.07) is 15.0. The van der Waals surface area contributed by atoms with Crippen molar-refractivity contribution in [3.05, 3.63) is 77.1 Å². The Labute approximate surface area is 135 Å². The molecule has 2 nitrogen and oxygen atoms in total. The Hall–Kier alpha value is -2.42. The molecule has 2 atom stereocenters. The highest BCUT2D eigenvalue weighted by molar-refractivity contribution is 5.66. The quantitative estimate of drug-likeness (QED) is 0.765. The molecular formula is C20H18FNO. The van der Waals surface area contributed by atoms with Crippen molar-refractivity contribution in [2.24, 2.45) is 0 Å². The zero-order valence-electron chi connectivity index (χ0n) is 12.8. The maximum Gasteiger partial charge on any atom is 0.210 e. The minimum absolute atomic E-state index is 0.0161. The van der Waals surface area contributed by atoms with E-state index < -0.39 is 0 Å². The number of benzene rings is 2. The minimum Gasteiger partial charge on any atom is -0.338 e. The zero-order valence-corrected chi connectivity index (χ0v) is 12.8. The number of halogens is 1. The minimum atomic E-state index is -0.247. The highest BCUT2D eigenvalue weighted by Gasteiger charge is 2.42. The van der Waals surface area contributed by atoms with E-state index in [1.54, 1.807) is 12.1 Å². The van der Waals surface area contributed by atoms with Gasteiger partial charge >= 0.3 is 0 Å². The van der Waals surface area contributed by atoms with E-state index in [1.165, 1.54) is 23.3 Å². The predicted molar refractivity (Wildman–Crippen MR) is 88.3 cm³/mol. The molecule has 2 aromatic carbocycles. The highest BCUT2D eigenvalue weighted by atomic mass is 19.1. The fourth-order valence-electron chi connectivity index (χ4n) is 4.00. The van der Waals surface area contributed by atoms with Crippen LogP contribution in [-0.4, -0.2) is 17.9 Å². The second-order valence-corrected chi connectivity index (χ2v) is 6.44. The molecule has 116 valence electrons. The normalized spacial score (nSPS) is 25.6. The van der Waals surface area contributed by atoms with E-state index in [1.807, 2.05) is 4.90 Å². The van der Waals surface area contributed by atoms with E-state index in [2.05, 4.69) is 36.4 Å². The molecule has 0 saturated carbocycles. The van der Waals surface area contributed by atoms with Gasteiger partial charge in [-0.05, 0) is 41.7 Å². The first-order chi connectivity index (χ1) is 11.2. The molecule has 1 saturated heterocycles. The number of allylic oxidation sites excluding steroid dienone is 1. The van der Waals surface area contributed by atoms with Gasteiger partial charge in [0, 0.05) is 12.0 Å². The molecule has 0 radical (unpaired) electrons. The van der Waals surface area contributed by atoms with Crippen LogP contribution in [0.25, 0.3) is 6.08 Å². The van der Waals surface area contributed by atoms with Gasteiger partial charge in [0.05, 0.1) is 6.04 Å². The van der Waals surface area contributed by atoms with Gasteiger partial charge in [0.15, 0.2) is 0 Å². The average molecular weight is 307 g/mol. The number of nitrogens with zero attached hydrogens (tertiary/aromatic N) is 1. The number of piperidine rings is 1. The molecular weight excluding hydrogens is 289 g/mol. The summed E-state index contributed by atoms with van der Waals surface area (Å²) < 4.78 is 13.2. The summed E-state index contributed by atoms with van der Waals surface area (Å²) in [7, 11) is 0. The van der Waals surface area contributed by atoms with Crippen LogP contribution in [0.15, 0.2) is 54.6 Å². The van der Waals surface area contributed by atoms with E-state index in [-0.39, 0.29) is 17.3 Å². The standard InChI is InChI=1S/C20H18FNO/c21-17-7-5-16(6-8-17)19-13-20(11-12-22(19)14-23)10-9-15-3-1-2-4-18(15)20/h1-10,14,19H,11-13H2. The fraction of sp³-hybridized carbons (Fsp3) is 0.250. The number of hydrogen-bond acceptors (Lipinski definition) is 1. The molecule has 3 heteroatoms. The molecule has 1 aliphatic carbocycles. The maximum absolute atomic E-state index is 13.2. The molecule has 2 aliphatic rings. The van der Waals surface area contributed by atoms with Crippen molar-refractivity contribution < 1.29 is 9.18 Å². The van der Waals surface area contributed by atoms with E-state index in [4.69, 9.17) is 0 Å². The van der Waals surface area contributed by atoms with Crippen molar-refractivity contribution in [3.63, 3.8) is 0 Å². The Morgan fingerprint density at radius 1 is 1.13 bits per heavy atom. The maximum atomic E-state index is 13.2. The van der Waals surface area contributed by atoms with Crippen molar-refractivity contribution in [2.45, 2.75) is 24.3 Å². The lowest BCUT2D eigenvalue weighted by molar-refractivity contribution is -0.122. The number of hydrogen-bond donors (Lipinski definition) is 0. The topological polar surface area (TPSA) is 20.3 Å². The van der Waals surface area contributed by atoms with Gasteiger partial charge in [-0.1, -0.05) is 48.6 Å². The first-order valence-corrected chi connectivity index (χ1v) is 7.97. The Balaban J connectivity index is 1.73. The zero-order chi connectivity index (χ0) is 15.9. The van der Waals surface area contributed by atoms with Gasteiger partial charge in [0.1, 0.15) is 5.82 Å². The number of amides is 1. The van der Waals surface area contributed by atoms with Gasteiger partial charge in [-0.15, -0.1) is 0 Å². The van der Waals surface area contributed by atoms with Gasteiger partial charge in [-0.25, -0.2) is 4.39 Å². The molecule has 2 unspecified atom stereocenters. The second-order valence-electron chi connectivity index (χ2n) is 6.44. The molecule has 1 aliphatic heterocycles. The van der Waals surface area contributed by atoms with Gasteiger partial charge in [0.25, 0.3) is 0 Å². The predicted octanol–water partition coefficient (Wildman–Crippen LogP) is 4.08. The van der Waals surface area contributed by atoms with Crippen LogP contribution in [0.5, 0.6) is 0 Å². The molecule has 2 aromatic rings. The Kier molecular flexibility index (Phi) is 3.29. The Morgan fingerprint density at radius 3 is 2.70 bits per heavy atom. The lowest BCUT2D eigenvalue weighted by atomic mass is 9.71. The van der Waals surface area contributed by atoms with E-state index in [9.17, 15) is 9.18 Å². The van der Waals surface area contributed by atoms with Crippen LogP contribution in [0.2, 0.25) is 0 Å². The molecule has 1 spiro atoms. The molecule has 0 N–H and O–H groups in total. The molecule has 0 bridgehead atoms. The third-order valence-electron chi connectivity index (χ3n) is 5.24. The van der Waals surface area contributed by atoms with Crippen LogP contribution >= 0.6 is 0 Å². The van der Waals surface area contributed by atoms with Crippen LogP contribution in [0.1, 0.15) is 35.6 Å². The largest absolute Gasteiger partial charge is 0.338 e. The SMILES string of the molecule is O=CN1CCC2(C=Cc3ccccc32)CC1c1ccc(F)cc1. The third-order valence-corrected chi connectivity index (χ3v) is 5.24. The van der Waals surface area contributed by atoms with E-state index in [0.717, 1.165) is 24.8 Å². The van der Waals surface area contributed by atoms with Crippen molar-refractivity contribution in [3.8, 4) is 0 Å². The Morgan fingerprint density at radius 2 is 1.91 bits per heavy atom. The molecule has 1 heterocycles. The number of fused-ring (bicyclic) bond motifs is 2. The average Bonchev–Trinajstić information content (AvgIpc) is 2.94. The van der Waals surface area contributed by atoms with Crippen LogP contribution in [-0.2, 0) is 10.2 Å². The number of carbonyl (C=O) groups excluding carboxylic acids is 1. The molecule has 23 heavy (non-hydrogen) atoms. The second kappa shape index (κ2) is 5.34. The van der Waals surface area contributed by atoms with Crippen molar-refractivity contribution in [1.82, 2.24) is 4.90 Å². The van der Waals surface area contributed by atoms with E-state index in [0.29, 0.717) is 6.54 Å². The number of carbonyl (C=O) groups is 1. The van der Waals surface area contributed by atoms with Crippen LogP contribution in [0.3, 0.4) is 0 Å². The van der Waals surface area contributed by atoms with Crippen LogP contribution < -0.4 is 0 Å². The van der Waals surface area contributed by atoms with Crippen molar-refractivity contribution in [1.29, 1.82) is 0 Å². The number of likely N-dealkylation sites (tertiary alicyclic amines) is 1. The Bertz CT molecular complexity index is 767. The lowest BCUT2D eigenvalue weighted by Crippen LogP contribution is -2.42. The van der Waals surface area contributed by atoms with Gasteiger partial charge in [0.2, 0.25) is 6.41 Å². The first-order valence-electron chi connectivity index (χ1n) is 7.97. The summed E-state index contributed by atoms with van der Waals surface area (Å²) >= 11 is 0. The van der Waals surface area contributed by atoms with Gasteiger partial charge in [-0.2, -0.15) is 0 Å². The molecule has 1 fully saturated rings. The summed E-state index contributed by atoms with van der Waals surface area (Å²) in [5.74, 6) is -0.247. The summed E-state index contributed by atoms with van der Waals surface area (Å²) in [5, 5.41) is 0. The molecule has 0 aromatic heterocycles. The molecule has 1 amide bonds. The van der Waals surface area contributed by atoms with Crippen LogP contribution in [0, 0.1) is 5.82 Å². The summed E-state index contributed by atoms with van der Waals surface area (Å²) in [5.41, 5.74) is 3.59. The number of rotatable bonds is 2. The summed E-state index contributed by atoms with van der Waals surface area (Å²) in [6.45, 7) is 0.713. The van der Waals surface area contributed by atoms with Crippen LogP contribution in [0.4, 0.5) is 4.39 Å². The monoisotopic (exact) mass is 307 g/mol. The van der Waals surface area contributed by atoms with Crippen molar-refractivity contribution >= 4 is 12.5 Å². The summed E-state index contributed by atoms with van der Waals surface area (Å²) in [4.78, 5) is 13.3. The van der Waals surface area contributed by atoms with Gasteiger partial charge in [-0.3, -0.25) is 4.79 Å². The fourth-order valence-corrected chi connectivity index (χ4v) is 4.00. The first kappa shape index (κ1) is 14.2.